The van der Waals surface area contributed by atoms with E-state index in [9.17, 15) is 9.00 Å². The third-order valence-corrected chi connectivity index (χ3v) is 4.46. The van der Waals surface area contributed by atoms with Gasteiger partial charge in [0.1, 0.15) is 5.75 Å². The lowest BCUT2D eigenvalue weighted by Gasteiger charge is -2.07. The van der Waals surface area contributed by atoms with E-state index >= 15 is 0 Å². The van der Waals surface area contributed by atoms with Crippen LogP contribution in [0.1, 0.15) is 36.2 Å². The minimum Gasteiger partial charge on any atom is -0.351 e. The van der Waals surface area contributed by atoms with Gasteiger partial charge in [-0.15, -0.1) is 0 Å². The Kier molecular flexibility index (Phi) is 6.46. The first kappa shape index (κ1) is 17.3. The Hall–Kier alpha value is -2.02. The molecule has 0 aliphatic carbocycles. The average molecular weight is 335 g/mol. The van der Waals surface area contributed by atoms with E-state index < -0.39 is 10.8 Å². The number of carbonyl (C=O) groups is 1. The number of carbonyl (C=O) groups excluding carboxylic acids is 1. The molecule has 2 aromatic rings. The highest BCUT2D eigenvalue weighted by Crippen LogP contribution is 2.06. The molecule has 0 aliphatic heterocycles. The number of amides is 1. The SMILES string of the molecule is CCCc1nc(C[S@](=O)CC(=O)NCc2ccccc2C)no1. The Morgan fingerprint density at radius 1 is 1.35 bits per heavy atom. The molecule has 7 heteroatoms. The quantitative estimate of drug-likeness (QED) is 0.796. The lowest BCUT2D eigenvalue weighted by Crippen LogP contribution is -2.28. The lowest BCUT2D eigenvalue weighted by atomic mass is 10.1. The summed E-state index contributed by atoms with van der Waals surface area (Å²) in [6, 6.07) is 7.83. The van der Waals surface area contributed by atoms with E-state index in [4.69, 9.17) is 4.52 Å². The zero-order valence-corrected chi connectivity index (χ0v) is 14.2. The molecule has 1 N–H and O–H groups in total. The van der Waals surface area contributed by atoms with Crippen molar-refractivity contribution in [3.63, 3.8) is 0 Å². The summed E-state index contributed by atoms with van der Waals surface area (Å²) in [7, 11) is -1.35. The molecular weight excluding hydrogens is 314 g/mol. The van der Waals surface area contributed by atoms with E-state index in [1.54, 1.807) is 0 Å². The Bertz CT molecular complexity index is 685. The highest BCUT2D eigenvalue weighted by atomic mass is 32.2. The number of aryl methyl sites for hydroxylation is 2. The minimum atomic E-state index is -1.35. The van der Waals surface area contributed by atoms with E-state index in [0.717, 1.165) is 17.5 Å². The Morgan fingerprint density at radius 2 is 2.13 bits per heavy atom. The zero-order chi connectivity index (χ0) is 16.7. The predicted molar refractivity (Wildman–Crippen MR) is 88.0 cm³/mol. The third-order valence-electron chi connectivity index (χ3n) is 3.29. The van der Waals surface area contributed by atoms with Gasteiger partial charge in [0.15, 0.2) is 5.82 Å². The maximum Gasteiger partial charge on any atom is 0.232 e. The molecule has 1 aromatic carbocycles. The van der Waals surface area contributed by atoms with Gasteiger partial charge >= 0.3 is 0 Å². The molecule has 6 nitrogen and oxygen atoms in total. The van der Waals surface area contributed by atoms with Crippen LogP contribution in [0.4, 0.5) is 0 Å². The monoisotopic (exact) mass is 335 g/mol. The van der Waals surface area contributed by atoms with E-state index in [1.807, 2.05) is 38.1 Å². The van der Waals surface area contributed by atoms with Gasteiger partial charge in [0.25, 0.3) is 0 Å². The van der Waals surface area contributed by atoms with Gasteiger partial charge in [-0.3, -0.25) is 9.00 Å². The first-order chi connectivity index (χ1) is 11.1. The smallest absolute Gasteiger partial charge is 0.232 e. The molecule has 0 spiro atoms. The Morgan fingerprint density at radius 3 is 2.87 bits per heavy atom. The largest absolute Gasteiger partial charge is 0.351 e. The van der Waals surface area contributed by atoms with Gasteiger partial charge in [0, 0.05) is 23.8 Å². The van der Waals surface area contributed by atoms with Gasteiger partial charge < -0.3 is 9.84 Å². The standard InChI is InChI=1S/C16H21N3O3S/c1-3-6-16-18-14(19-22-16)10-23(21)11-15(20)17-9-13-8-5-4-7-12(13)2/h4-5,7-8H,3,6,9-11H2,1-2H3,(H,17,20)/t23-/m0/s1. The summed E-state index contributed by atoms with van der Waals surface area (Å²) in [5.74, 6) is 0.750. The summed E-state index contributed by atoms with van der Waals surface area (Å²) < 4.78 is 17.0. The predicted octanol–water partition coefficient (Wildman–Crippen LogP) is 1.90. The molecular formula is C16H21N3O3S. The normalized spacial score (nSPS) is 12.1. The van der Waals surface area contributed by atoms with Crippen molar-refractivity contribution < 1.29 is 13.5 Å². The van der Waals surface area contributed by atoms with Gasteiger partial charge in [0.05, 0.1) is 5.75 Å². The summed E-state index contributed by atoms with van der Waals surface area (Å²) in [5, 5.41) is 6.56. The number of hydrogen-bond acceptors (Lipinski definition) is 5. The minimum absolute atomic E-state index is 0.0659. The van der Waals surface area contributed by atoms with Crippen LogP contribution in [0.15, 0.2) is 28.8 Å². The van der Waals surface area contributed by atoms with Crippen LogP contribution >= 0.6 is 0 Å². The van der Waals surface area contributed by atoms with Crippen molar-refractivity contribution >= 4 is 16.7 Å². The van der Waals surface area contributed by atoms with Crippen molar-refractivity contribution in [1.82, 2.24) is 15.5 Å². The molecule has 2 rings (SSSR count). The maximum absolute atomic E-state index is 12.0. The summed E-state index contributed by atoms with van der Waals surface area (Å²) in [6.45, 7) is 4.44. The highest BCUT2D eigenvalue weighted by Gasteiger charge is 2.13. The van der Waals surface area contributed by atoms with Crippen molar-refractivity contribution in [3.8, 4) is 0 Å². The molecule has 0 aliphatic rings. The Balaban J connectivity index is 1.78. The fourth-order valence-corrected chi connectivity index (χ4v) is 2.96. The first-order valence-electron chi connectivity index (χ1n) is 7.56. The first-order valence-corrected chi connectivity index (χ1v) is 9.05. The lowest BCUT2D eigenvalue weighted by molar-refractivity contribution is -0.118. The number of nitrogens with zero attached hydrogens (tertiary/aromatic N) is 2. The molecule has 1 heterocycles. The van der Waals surface area contributed by atoms with Crippen molar-refractivity contribution in [3.05, 3.63) is 47.1 Å². The van der Waals surface area contributed by atoms with Crippen molar-refractivity contribution in [2.45, 2.75) is 39.0 Å². The van der Waals surface area contributed by atoms with Crippen molar-refractivity contribution in [2.24, 2.45) is 0 Å². The number of nitrogens with one attached hydrogen (secondary N) is 1. The topological polar surface area (TPSA) is 85.1 Å². The van der Waals surface area contributed by atoms with E-state index in [1.165, 1.54) is 0 Å². The molecule has 124 valence electrons. The molecule has 1 aromatic heterocycles. The van der Waals surface area contributed by atoms with Gasteiger partial charge in [-0.25, -0.2) is 0 Å². The van der Waals surface area contributed by atoms with E-state index in [0.29, 0.717) is 24.7 Å². The van der Waals surface area contributed by atoms with Gasteiger partial charge in [0.2, 0.25) is 11.8 Å². The Labute approximate surface area is 138 Å². The van der Waals surface area contributed by atoms with Crippen LogP contribution < -0.4 is 5.32 Å². The van der Waals surface area contributed by atoms with Crippen LogP contribution in [0.5, 0.6) is 0 Å². The second kappa shape index (κ2) is 8.57. The summed E-state index contributed by atoms with van der Waals surface area (Å²) in [4.78, 5) is 16.0. The number of aromatic nitrogens is 2. The maximum atomic E-state index is 12.0. The third kappa shape index (κ3) is 5.59. The molecule has 23 heavy (non-hydrogen) atoms. The summed E-state index contributed by atoms with van der Waals surface area (Å²) >= 11 is 0. The van der Waals surface area contributed by atoms with Gasteiger partial charge in [-0.1, -0.05) is 36.3 Å². The van der Waals surface area contributed by atoms with E-state index in [2.05, 4.69) is 15.5 Å². The second-order valence-electron chi connectivity index (χ2n) is 5.29. The number of benzene rings is 1. The highest BCUT2D eigenvalue weighted by molar-refractivity contribution is 7.84. The van der Waals surface area contributed by atoms with Crippen LogP contribution in [-0.4, -0.2) is 26.0 Å². The number of hydrogen-bond donors (Lipinski definition) is 1. The number of rotatable bonds is 8. The van der Waals surface area contributed by atoms with Crippen LogP contribution in [-0.2, 0) is 34.3 Å². The zero-order valence-electron chi connectivity index (χ0n) is 13.4. The molecule has 1 atom stereocenters. The van der Waals surface area contributed by atoms with Crippen LogP contribution in [0.3, 0.4) is 0 Å². The van der Waals surface area contributed by atoms with Gasteiger partial charge in [-0.05, 0) is 24.5 Å². The summed E-state index contributed by atoms with van der Waals surface area (Å²) in [5.41, 5.74) is 2.16. The van der Waals surface area contributed by atoms with Crippen molar-refractivity contribution in [1.29, 1.82) is 0 Å². The fraction of sp³-hybridized carbons (Fsp3) is 0.438. The van der Waals surface area contributed by atoms with Crippen LogP contribution in [0, 0.1) is 6.92 Å². The molecule has 0 saturated carbocycles. The molecule has 1 amide bonds. The van der Waals surface area contributed by atoms with Crippen LogP contribution in [0.2, 0.25) is 0 Å². The molecule has 0 fully saturated rings. The molecule has 0 saturated heterocycles. The second-order valence-corrected chi connectivity index (χ2v) is 6.74. The fourth-order valence-electron chi connectivity index (χ4n) is 2.06. The average Bonchev–Trinajstić information content (AvgIpc) is 2.94. The molecule has 0 bridgehead atoms. The molecule has 0 unspecified atom stereocenters. The van der Waals surface area contributed by atoms with Crippen LogP contribution in [0.25, 0.3) is 0 Å². The van der Waals surface area contributed by atoms with Gasteiger partial charge in [-0.2, -0.15) is 4.98 Å². The van der Waals surface area contributed by atoms with Crippen molar-refractivity contribution in [2.75, 3.05) is 5.75 Å². The molecule has 0 radical (unpaired) electrons. The van der Waals surface area contributed by atoms with E-state index in [-0.39, 0.29) is 17.4 Å². The summed E-state index contributed by atoms with van der Waals surface area (Å²) in [6.07, 6.45) is 1.61.